The van der Waals surface area contributed by atoms with Crippen LogP contribution in [0.25, 0.3) is 0 Å². The van der Waals surface area contributed by atoms with Gasteiger partial charge in [-0.1, -0.05) is 81.8 Å². The summed E-state index contributed by atoms with van der Waals surface area (Å²) in [6.45, 7) is 6.37. The molecule has 0 heterocycles. The van der Waals surface area contributed by atoms with Crippen molar-refractivity contribution in [3.8, 4) is 0 Å². The van der Waals surface area contributed by atoms with E-state index in [1.807, 2.05) is 30.3 Å². The molecule has 27 heavy (non-hydrogen) atoms. The summed E-state index contributed by atoms with van der Waals surface area (Å²) in [5.41, 5.74) is 8.35. The zero-order valence-corrected chi connectivity index (χ0v) is 16.2. The van der Waals surface area contributed by atoms with Crippen LogP contribution in [0.3, 0.4) is 0 Å². The van der Waals surface area contributed by atoms with E-state index in [2.05, 4.69) is 55.7 Å². The highest BCUT2D eigenvalue weighted by Crippen LogP contribution is 2.26. The van der Waals surface area contributed by atoms with Crippen molar-refractivity contribution in [1.29, 1.82) is 0 Å². The molecule has 2 rings (SSSR count). The summed E-state index contributed by atoms with van der Waals surface area (Å²) in [5, 5.41) is 5.62. The van der Waals surface area contributed by atoms with E-state index in [4.69, 9.17) is 5.73 Å². The van der Waals surface area contributed by atoms with Crippen LogP contribution >= 0.6 is 0 Å². The zero-order valence-electron chi connectivity index (χ0n) is 16.2. The molecule has 0 fully saturated rings. The van der Waals surface area contributed by atoms with Gasteiger partial charge >= 0.3 is 6.03 Å². The molecular weight excluding hydrogens is 338 g/mol. The Balaban J connectivity index is 2.30. The summed E-state index contributed by atoms with van der Waals surface area (Å²) >= 11 is 0. The number of hydrogen-bond acceptors (Lipinski definition) is 3. The minimum atomic E-state index is -0.854. The lowest BCUT2D eigenvalue weighted by Gasteiger charge is -2.28. The summed E-state index contributed by atoms with van der Waals surface area (Å²) in [6, 6.07) is 16.2. The molecule has 2 aromatic rings. The number of nitrogens with two attached hydrogens (primary N) is 1. The third kappa shape index (κ3) is 5.93. The molecule has 0 saturated heterocycles. The lowest BCUT2D eigenvalue weighted by atomic mass is 9.92. The minimum absolute atomic E-state index is 0.0514. The fourth-order valence-electron chi connectivity index (χ4n) is 3.20. The van der Waals surface area contributed by atoms with Crippen LogP contribution in [0.4, 0.5) is 4.79 Å². The number of benzene rings is 2. The van der Waals surface area contributed by atoms with Gasteiger partial charge in [0.2, 0.25) is 5.91 Å². The number of carbonyl (C=O) groups is 2. The summed E-state index contributed by atoms with van der Waals surface area (Å²) in [6.07, 6.45) is 2.16. The smallest absolute Gasteiger partial charge is 0.318 e. The lowest BCUT2D eigenvalue weighted by Crippen LogP contribution is -2.44. The van der Waals surface area contributed by atoms with Gasteiger partial charge in [0.1, 0.15) is 6.04 Å². The molecule has 3 amide bonds. The molecule has 144 valence electrons. The third-order valence-corrected chi connectivity index (χ3v) is 4.53. The number of amides is 3. The molecule has 0 aliphatic rings. The first-order valence-corrected chi connectivity index (χ1v) is 9.42. The van der Waals surface area contributed by atoms with Gasteiger partial charge in [0.25, 0.3) is 0 Å². The average molecular weight is 367 g/mol. The van der Waals surface area contributed by atoms with Crippen molar-refractivity contribution in [3.05, 3.63) is 71.3 Å². The van der Waals surface area contributed by atoms with Gasteiger partial charge in [-0.3, -0.25) is 15.4 Å². The Kier molecular flexibility index (Phi) is 7.55. The van der Waals surface area contributed by atoms with E-state index in [9.17, 15) is 9.59 Å². The molecule has 0 aliphatic carbocycles. The molecule has 0 unspecified atom stereocenters. The molecule has 4 N–H and O–H groups in total. The standard InChI is InChI=1S/C22H29N3O2/c1-4-8-16-11-13-18(14-12-16)19(15(2)3)24-20(21(26)25-22(23)27)17-9-6-5-7-10-17/h5-7,9-15,19-20,24H,4,8H2,1-3H3,(H3,23,25,26,27)/t19-,20-/m1/s1. The van der Waals surface area contributed by atoms with E-state index in [0.29, 0.717) is 0 Å². The Labute approximate surface area is 161 Å². The second-order valence-electron chi connectivity index (χ2n) is 7.08. The molecule has 5 nitrogen and oxygen atoms in total. The Hall–Kier alpha value is -2.66. The highest BCUT2D eigenvalue weighted by Gasteiger charge is 2.27. The summed E-state index contributed by atoms with van der Waals surface area (Å²) in [5.74, 6) is -0.212. The Morgan fingerprint density at radius 3 is 2.11 bits per heavy atom. The first-order chi connectivity index (χ1) is 12.9. The van der Waals surface area contributed by atoms with Crippen molar-refractivity contribution in [2.24, 2.45) is 11.7 Å². The minimum Gasteiger partial charge on any atom is -0.351 e. The first kappa shape index (κ1) is 20.6. The predicted octanol–water partition coefficient (Wildman–Crippen LogP) is 3.86. The van der Waals surface area contributed by atoms with Gasteiger partial charge in [-0.15, -0.1) is 0 Å². The number of rotatable bonds is 8. The van der Waals surface area contributed by atoms with Crippen LogP contribution in [0.5, 0.6) is 0 Å². The van der Waals surface area contributed by atoms with Crippen LogP contribution in [0.15, 0.2) is 54.6 Å². The highest BCUT2D eigenvalue weighted by atomic mass is 16.2. The fourth-order valence-corrected chi connectivity index (χ4v) is 3.20. The largest absolute Gasteiger partial charge is 0.351 e. The van der Waals surface area contributed by atoms with Gasteiger partial charge in [-0.25, -0.2) is 4.79 Å². The number of primary amides is 1. The number of imide groups is 1. The van der Waals surface area contributed by atoms with Crippen LogP contribution in [0.2, 0.25) is 0 Å². The Morgan fingerprint density at radius 2 is 1.59 bits per heavy atom. The van der Waals surface area contributed by atoms with Crippen molar-refractivity contribution in [3.63, 3.8) is 0 Å². The van der Waals surface area contributed by atoms with Gasteiger partial charge in [0, 0.05) is 6.04 Å². The quantitative estimate of drug-likeness (QED) is 0.662. The van der Waals surface area contributed by atoms with Crippen molar-refractivity contribution in [1.82, 2.24) is 10.6 Å². The topological polar surface area (TPSA) is 84.2 Å². The van der Waals surface area contributed by atoms with E-state index in [1.165, 1.54) is 5.56 Å². The van der Waals surface area contributed by atoms with Gasteiger partial charge in [0.15, 0.2) is 0 Å². The number of urea groups is 1. The monoisotopic (exact) mass is 367 g/mol. The highest BCUT2D eigenvalue weighted by molar-refractivity contribution is 5.96. The van der Waals surface area contributed by atoms with E-state index in [1.54, 1.807) is 0 Å². The van der Waals surface area contributed by atoms with Crippen molar-refractivity contribution < 1.29 is 9.59 Å². The van der Waals surface area contributed by atoms with E-state index < -0.39 is 18.0 Å². The number of aryl methyl sites for hydroxylation is 1. The summed E-state index contributed by atoms with van der Waals surface area (Å²) < 4.78 is 0. The maximum Gasteiger partial charge on any atom is 0.318 e. The fraction of sp³-hybridized carbons (Fsp3) is 0.364. The predicted molar refractivity (Wildman–Crippen MR) is 108 cm³/mol. The van der Waals surface area contributed by atoms with Crippen LogP contribution in [0, 0.1) is 5.92 Å². The van der Waals surface area contributed by atoms with Crippen LogP contribution in [-0.4, -0.2) is 11.9 Å². The zero-order chi connectivity index (χ0) is 19.8. The van der Waals surface area contributed by atoms with Crippen molar-refractivity contribution >= 4 is 11.9 Å². The number of hydrogen-bond donors (Lipinski definition) is 3. The molecule has 0 aromatic heterocycles. The van der Waals surface area contributed by atoms with Crippen LogP contribution < -0.4 is 16.4 Å². The second kappa shape index (κ2) is 9.88. The van der Waals surface area contributed by atoms with Crippen molar-refractivity contribution in [2.45, 2.75) is 45.7 Å². The lowest BCUT2D eigenvalue weighted by molar-refractivity contribution is -0.122. The first-order valence-electron chi connectivity index (χ1n) is 9.42. The van der Waals surface area contributed by atoms with E-state index in [-0.39, 0.29) is 12.0 Å². The second-order valence-corrected chi connectivity index (χ2v) is 7.08. The van der Waals surface area contributed by atoms with Crippen molar-refractivity contribution in [2.75, 3.05) is 0 Å². The Bertz CT molecular complexity index is 742. The van der Waals surface area contributed by atoms with E-state index >= 15 is 0 Å². The van der Waals surface area contributed by atoms with Gasteiger partial charge in [0.05, 0.1) is 0 Å². The molecule has 2 atom stereocenters. The summed E-state index contributed by atoms with van der Waals surface area (Å²) in [4.78, 5) is 23.8. The number of nitrogens with one attached hydrogen (secondary N) is 2. The molecule has 0 aliphatic heterocycles. The summed E-state index contributed by atoms with van der Waals surface area (Å²) in [7, 11) is 0. The van der Waals surface area contributed by atoms with E-state index in [0.717, 1.165) is 24.0 Å². The van der Waals surface area contributed by atoms with Crippen LogP contribution in [0.1, 0.15) is 56.0 Å². The molecule has 0 saturated carbocycles. The molecule has 0 radical (unpaired) electrons. The third-order valence-electron chi connectivity index (χ3n) is 4.53. The normalized spacial score (nSPS) is 13.2. The molecule has 2 aromatic carbocycles. The molecule has 0 spiro atoms. The molecular formula is C22H29N3O2. The maximum absolute atomic E-state index is 12.6. The van der Waals surface area contributed by atoms with Gasteiger partial charge < -0.3 is 5.73 Å². The molecule has 0 bridgehead atoms. The average Bonchev–Trinajstić information content (AvgIpc) is 2.63. The SMILES string of the molecule is CCCc1ccc([C@H](N[C@@H](C(=O)NC(N)=O)c2ccccc2)C(C)C)cc1. The Morgan fingerprint density at radius 1 is 0.963 bits per heavy atom. The van der Waals surface area contributed by atoms with Crippen LogP contribution in [-0.2, 0) is 11.2 Å². The van der Waals surface area contributed by atoms with Gasteiger partial charge in [-0.05, 0) is 29.0 Å². The molecule has 5 heteroatoms. The maximum atomic E-state index is 12.6. The number of carbonyl (C=O) groups excluding carboxylic acids is 2. The van der Waals surface area contributed by atoms with Gasteiger partial charge in [-0.2, -0.15) is 0 Å².